The summed E-state index contributed by atoms with van der Waals surface area (Å²) in [7, 11) is 0. The van der Waals surface area contributed by atoms with Crippen LogP contribution < -0.4 is 5.73 Å². The molecule has 6 nitrogen and oxygen atoms in total. The van der Waals surface area contributed by atoms with Gasteiger partial charge in [-0.25, -0.2) is 0 Å². The average Bonchev–Trinajstić information content (AvgIpc) is 3.07. The first-order valence-electron chi connectivity index (χ1n) is 7.97. The molecule has 2 N–H and O–H groups in total. The number of likely N-dealkylation sites (tertiary alicyclic amines) is 1. The Hall–Kier alpha value is -1.43. The van der Waals surface area contributed by atoms with Gasteiger partial charge in [0.15, 0.2) is 5.82 Å². The molecule has 0 aromatic carbocycles. The Morgan fingerprint density at radius 3 is 2.90 bits per heavy atom. The summed E-state index contributed by atoms with van der Waals surface area (Å²) in [6.45, 7) is 3.47. The lowest BCUT2D eigenvalue weighted by Gasteiger charge is -2.34. The van der Waals surface area contributed by atoms with Crippen molar-refractivity contribution in [3.8, 4) is 0 Å². The van der Waals surface area contributed by atoms with Gasteiger partial charge in [0.2, 0.25) is 11.8 Å². The van der Waals surface area contributed by atoms with E-state index < -0.39 is 0 Å². The molecule has 3 atom stereocenters. The standard InChI is InChI=1S/C15H24N4O2/c1-10-17-14(18-21-10)8-11-4-3-7-19(9-11)15(20)12-5-2-6-13(12)16/h11-13H,2-9,16H2,1H3/t11-,12+,13+/m0/s1. The van der Waals surface area contributed by atoms with E-state index >= 15 is 0 Å². The van der Waals surface area contributed by atoms with Crippen LogP contribution in [-0.2, 0) is 11.2 Å². The monoisotopic (exact) mass is 292 g/mol. The molecule has 1 saturated heterocycles. The molecular weight excluding hydrogens is 268 g/mol. The molecule has 3 rings (SSSR count). The second kappa shape index (κ2) is 6.13. The van der Waals surface area contributed by atoms with Crippen LogP contribution in [0.1, 0.15) is 43.8 Å². The second-order valence-electron chi connectivity index (χ2n) is 6.43. The average molecular weight is 292 g/mol. The van der Waals surface area contributed by atoms with Gasteiger partial charge in [0, 0.05) is 32.5 Å². The van der Waals surface area contributed by atoms with E-state index in [1.807, 2.05) is 4.90 Å². The van der Waals surface area contributed by atoms with Crippen LogP contribution in [0.3, 0.4) is 0 Å². The first kappa shape index (κ1) is 14.5. The summed E-state index contributed by atoms with van der Waals surface area (Å²) < 4.78 is 5.02. The van der Waals surface area contributed by atoms with Crippen LogP contribution in [0.15, 0.2) is 4.52 Å². The zero-order chi connectivity index (χ0) is 14.8. The number of hydrogen-bond donors (Lipinski definition) is 1. The van der Waals surface area contributed by atoms with Crippen molar-refractivity contribution in [3.05, 3.63) is 11.7 Å². The summed E-state index contributed by atoms with van der Waals surface area (Å²) >= 11 is 0. The first-order chi connectivity index (χ1) is 10.1. The third-order valence-corrected chi connectivity index (χ3v) is 4.76. The number of piperidine rings is 1. The van der Waals surface area contributed by atoms with E-state index in [0.717, 1.165) is 57.4 Å². The highest BCUT2D eigenvalue weighted by atomic mass is 16.5. The van der Waals surface area contributed by atoms with Gasteiger partial charge >= 0.3 is 0 Å². The number of carbonyl (C=O) groups excluding carboxylic acids is 1. The minimum absolute atomic E-state index is 0.0381. The highest BCUT2D eigenvalue weighted by molar-refractivity contribution is 5.80. The molecule has 1 aliphatic carbocycles. The number of aryl methyl sites for hydroxylation is 1. The van der Waals surface area contributed by atoms with Gasteiger partial charge in [0.25, 0.3) is 0 Å². The van der Waals surface area contributed by atoms with Crippen LogP contribution in [0.25, 0.3) is 0 Å². The highest BCUT2D eigenvalue weighted by Gasteiger charge is 2.35. The lowest BCUT2D eigenvalue weighted by atomic mass is 9.92. The summed E-state index contributed by atoms with van der Waals surface area (Å²) in [6, 6.07) is 0.0535. The molecule has 21 heavy (non-hydrogen) atoms. The largest absolute Gasteiger partial charge is 0.342 e. The van der Waals surface area contributed by atoms with Gasteiger partial charge in [0.05, 0.1) is 5.92 Å². The van der Waals surface area contributed by atoms with Crippen molar-refractivity contribution in [1.29, 1.82) is 0 Å². The number of nitrogens with zero attached hydrogens (tertiary/aromatic N) is 3. The van der Waals surface area contributed by atoms with Crippen LogP contribution in [0.5, 0.6) is 0 Å². The fourth-order valence-electron chi connectivity index (χ4n) is 3.64. The van der Waals surface area contributed by atoms with E-state index in [9.17, 15) is 4.79 Å². The van der Waals surface area contributed by atoms with Crippen LogP contribution in [0.2, 0.25) is 0 Å². The lowest BCUT2D eigenvalue weighted by Crippen LogP contribution is -2.46. The summed E-state index contributed by atoms with van der Waals surface area (Å²) in [5.41, 5.74) is 6.07. The minimum atomic E-state index is 0.0381. The van der Waals surface area contributed by atoms with Crippen molar-refractivity contribution in [1.82, 2.24) is 15.0 Å². The number of carbonyl (C=O) groups is 1. The van der Waals surface area contributed by atoms with Crippen molar-refractivity contribution in [2.24, 2.45) is 17.6 Å². The number of aromatic nitrogens is 2. The van der Waals surface area contributed by atoms with E-state index in [-0.39, 0.29) is 17.9 Å². The van der Waals surface area contributed by atoms with Gasteiger partial charge < -0.3 is 15.2 Å². The fraction of sp³-hybridized carbons (Fsp3) is 0.800. The van der Waals surface area contributed by atoms with E-state index in [1.165, 1.54) is 0 Å². The third kappa shape index (κ3) is 3.26. The van der Waals surface area contributed by atoms with Crippen molar-refractivity contribution in [2.45, 2.75) is 51.5 Å². The van der Waals surface area contributed by atoms with Gasteiger partial charge in [-0.05, 0) is 31.6 Å². The van der Waals surface area contributed by atoms with E-state index in [0.29, 0.717) is 11.8 Å². The summed E-state index contributed by atoms with van der Waals surface area (Å²) in [5, 5.41) is 3.96. The molecule has 2 aliphatic rings. The molecule has 6 heteroatoms. The molecule has 1 aromatic heterocycles. The molecule has 1 aliphatic heterocycles. The number of nitrogens with two attached hydrogens (primary N) is 1. The second-order valence-corrected chi connectivity index (χ2v) is 6.43. The zero-order valence-electron chi connectivity index (χ0n) is 12.6. The van der Waals surface area contributed by atoms with E-state index in [1.54, 1.807) is 6.92 Å². The normalized spacial score (nSPS) is 29.8. The van der Waals surface area contributed by atoms with Gasteiger partial charge in [0.1, 0.15) is 0 Å². The topological polar surface area (TPSA) is 85.2 Å². The van der Waals surface area contributed by atoms with Gasteiger partial charge in [-0.15, -0.1) is 0 Å². The molecule has 1 aromatic rings. The maximum Gasteiger partial charge on any atom is 0.227 e. The molecule has 116 valence electrons. The minimum Gasteiger partial charge on any atom is -0.342 e. The summed E-state index contributed by atoms with van der Waals surface area (Å²) in [4.78, 5) is 18.9. The summed E-state index contributed by atoms with van der Waals surface area (Å²) in [5.74, 6) is 2.08. The van der Waals surface area contributed by atoms with Crippen LogP contribution in [-0.4, -0.2) is 40.1 Å². The fourth-order valence-corrected chi connectivity index (χ4v) is 3.64. The van der Waals surface area contributed by atoms with E-state index in [2.05, 4.69) is 10.1 Å². The Labute approximate surface area is 125 Å². The van der Waals surface area contributed by atoms with E-state index in [4.69, 9.17) is 10.3 Å². The van der Waals surface area contributed by atoms with Gasteiger partial charge in [-0.3, -0.25) is 4.79 Å². The Bertz CT molecular complexity index is 502. The first-order valence-corrected chi connectivity index (χ1v) is 7.97. The molecular formula is C15H24N4O2. The van der Waals surface area contributed by atoms with Crippen molar-refractivity contribution in [2.75, 3.05) is 13.1 Å². The van der Waals surface area contributed by atoms with Crippen molar-refractivity contribution in [3.63, 3.8) is 0 Å². The number of rotatable bonds is 3. The molecule has 0 spiro atoms. The van der Waals surface area contributed by atoms with Crippen molar-refractivity contribution < 1.29 is 9.32 Å². The number of hydrogen-bond acceptors (Lipinski definition) is 5. The molecule has 0 radical (unpaired) electrons. The molecule has 2 fully saturated rings. The van der Waals surface area contributed by atoms with Gasteiger partial charge in [-0.2, -0.15) is 4.98 Å². The number of amides is 1. The van der Waals surface area contributed by atoms with Gasteiger partial charge in [-0.1, -0.05) is 11.6 Å². The zero-order valence-corrected chi connectivity index (χ0v) is 12.6. The maximum atomic E-state index is 12.6. The van der Waals surface area contributed by atoms with Crippen LogP contribution in [0.4, 0.5) is 0 Å². The highest BCUT2D eigenvalue weighted by Crippen LogP contribution is 2.28. The molecule has 0 unspecified atom stereocenters. The van der Waals surface area contributed by atoms with Crippen molar-refractivity contribution >= 4 is 5.91 Å². The van der Waals surface area contributed by atoms with Crippen LogP contribution in [0, 0.1) is 18.8 Å². The quantitative estimate of drug-likeness (QED) is 0.907. The van der Waals surface area contributed by atoms with Crippen LogP contribution >= 0.6 is 0 Å². The molecule has 1 saturated carbocycles. The predicted octanol–water partition coefficient (Wildman–Crippen LogP) is 1.29. The Morgan fingerprint density at radius 2 is 2.24 bits per heavy atom. The smallest absolute Gasteiger partial charge is 0.227 e. The Morgan fingerprint density at radius 1 is 1.38 bits per heavy atom. The molecule has 0 bridgehead atoms. The Kier molecular flexibility index (Phi) is 4.24. The maximum absolute atomic E-state index is 12.6. The molecule has 1 amide bonds. The predicted molar refractivity (Wildman–Crippen MR) is 77.4 cm³/mol. The SMILES string of the molecule is Cc1nc(C[C@@H]2CCCN(C(=O)[C@@H]3CCC[C@H]3N)C2)no1. The lowest BCUT2D eigenvalue weighted by molar-refractivity contribution is -0.137. The third-order valence-electron chi connectivity index (χ3n) is 4.76. The summed E-state index contributed by atoms with van der Waals surface area (Å²) in [6.07, 6.45) is 5.97. The Balaban J connectivity index is 1.58. The molecule has 2 heterocycles.